The quantitative estimate of drug-likeness (QED) is 0.806. The van der Waals surface area contributed by atoms with E-state index in [2.05, 4.69) is 6.92 Å². The maximum atomic E-state index is 9.23. The van der Waals surface area contributed by atoms with Crippen molar-refractivity contribution in [2.24, 2.45) is 5.41 Å². The van der Waals surface area contributed by atoms with Gasteiger partial charge in [-0.15, -0.1) is 0 Å². The van der Waals surface area contributed by atoms with E-state index in [-0.39, 0.29) is 12.0 Å². The van der Waals surface area contributed by atoms with Crippen LogP contribution >= 0.6 is 0 Å². The Hall–Kier alpha value is -1.02. The molecule has 0 saturated heterocycles. The summed E-state index contributed by atoms with van der Waals surface area (Å²) in [5, 5.41) is 9.23. The Labute approximate surface area is 91.9 Å². The number of rotatable bonds is 5. The molecule has 1 rings (SSSR count). The number of aliphatic hydroxyl groups excluding tert-OH is 1. The van der Waals surface area contributed by atoms with E-state index in [1.807, 2.05) is 38.1 Å². The number of benzene rings is 1. The van der Waals surface area contributed by atoms with Crippen LogP contribution in [-0.2, 0) is 0 Å². The summed E-state index contributed by atoms with van der Waals surface area (Å²) in [6, 6.07) is 7.97. The maximum Gasteiger partial charge on any atom is 0.119 e. The Morgan fingerprint density at radius 2 is 1.87 bits per heavy atom. The van der Waals surface area contributed by atoms with Crippen molar-refractivity contribution in [1.29, 1.82) is 0 Å². The summed E-state index contributed by atoms with van der Waals surface area (Å²) >= 11 is 0. The molecule has 1 N–H and O–H groups in total. The molecular formula is C13H20O2. The third kappa shape index (κ3) is 3.56. The van der Waals surface area contributed by atoms with E-state index in [1.54, 1.807) is 0 Å². The molecule has 0 saturated carbocycles. The zero-order valence-electron chi connectivity index (χ0n) is 9.79. The van der Waals surface area contributed by atoms with Crippen molar-refractivity contribution >= 4 is 0 Å². The number of ether oxygens (including phenoxy) is 1. The van der Waals surface area contributed by atoms with Crippen molar-refractivity contribution in [2.45, 2.75) is 27.2 Å². The number of aryl methyl sites for hydroxylation is 1. The summed E-state index contributed by atoms with van der Waals surface area (Å²) in [6.45, 7) is 6.86. The van der Waals surface area contributed by atoms with Crippen LogP contribution in [0.25, 0.3) is 0 Å². The average molecular weight is 208 g/mol. The lowest BCUT2D eigenvalue weighted by atomic mass is 9.90. The van der Waals surface area contributed by atoms with Gasteiger partial charge in [0.15, 0.2) is 0 Å². The lowest BCUT2D eigenvalue weighted by molar-refractivity contribution is 0.0784. The van der Waals surface area contributed by atoms with Crippen molar-refractivity contribution in [1.82, 2.24) is 0 Å². The second kappa shape index (κ2) is 5.17. The molecule has 0 bridgehead atoms. The fourth-order valence-corrected chi connectivity index (χ4v) is 1.15. The summed E-state index contributed by atoms with van der Waals surface area (Å²) in [5.74, 6) is 0.869. The first-order chi connectivity index (χ1) is 7.09. The van der Waals surface area contributed by atoms with Gasteiger partial charge in [0.25, 0.3) is 0 Å². The first kappa shape index (κ1) is 12.1. The molecular weight excluding hydrogens is 188 g/mol. The molecule has 0 heterocycles. The van der Waals surface area contributed by atoms with Crippen LogP contribution in [0.1, 0.15) is 25.8 Å². The molecule has 15 heavy (non-hydrogen) atoms. The summed E-state index contributed by atoms with van der Waals surface area (Å²) in [5.41, 5.74) is 1.09. The fourth-order valence-electron chi connectivity index (χ4n) is 1.15. The SMILES string of the molecule is CCC(C)(CO)COc1ccc(C)cc1. The first-order valence-corrected chi connectivity index (χ1v) is 5.40. The summed E-state index contributed by atoms with van der Waals surface area (Å²) in [7, 11) is 0. The van der Waals surface area contributed by atoms with Crippen LogP contribution in [0.2, 0.25) is 0 Å². The number of aliphatic hydroxyl groups is 1. The zero-order chi connectivity index (χ0) is 11.3. The molecule has 0 aromatic heterocycles. The van der Waals surface area contributed by atoms with Crippen molar-refractivity contribution in [3.8, 4) is 5.75 Å². The van der Waals surface area contributed by atoms with Gasteiger partial charge in [0.2, 0.25) is 0 Å². The predicted octanol–water partition coefficient (Wildman–Crippen LogP) is 2.78. The van der Waals surface area contributed by atoms with Crippen LogP contribution in [0.3, 0.4) is 0 Å². The van der Waals surface area contributed by atoms with Gasteiger partial charge in [-0.25, -0.2) is 0 Å². The molecule has 0 radical (unpaired) electrons. The second-order valence-electron chi connectivity index (χ2n) is 4.42. The highest BCUT2D eigenvalue weighted by Crippen LogP contribution is 2.22. The minimum absolute atomic E-state index is 0.134. The van der Waals surface area contributed by atoms with E-state index < -0.39 is 0 Å². The fraction of sp³-hybridized carbons (Fsp3) is 0.538. The molecule has 0 aliphatic heterocycles. The van der Waals surface area contributed by atoms with Gasteiger partial charge in [-0.2, -0.15) is 0 Å². The highest BCUT2D eigenvalue weighted by atomic mass is 16.5. The minimum atomic E-state index is -0.134. The minimum Gasteiger partial charge on any atom is -0.493 e. The van der Waals surface area contributed by atoms with Crippen LogP contribution in [0, 0.1) is 12.3 Å². The van der Waals surface area contributed by atoms with Gasteiger partial charge in [-0.3, -0.25) is 0 Å². The Morgan fingerprint density at radius 3 is 2.33 bits per heavy atom. The highest BCUT2D eigenvalue weighted by Gasteiger charge is 2.21. The van der Waals surface area contributed by atoms with Crippen LogP contribution in [0.5, 0.6) is 5.75 Å². The summed E-state index contributed by atoms with van der Waals surface area (Å²) in [4.78, 5) is 0. The molecule has 1 unspecified atom stereocenters. The predicted molar refractivity (Wildman–Crippen MR) is 62.2 cm³/mol. The van der Waals surface area contributed by atoms with E-state index >= 15 is 0 Å². The molecule has 1 aromatic rings. The monoisotopic (exact) mass is 208 g/mol. The molecule has 0 aliphatic rings. The van der Waals surface area contributed by atoms with Gasteiger partial charge in [0, 0.05) is 5.41 Å². The second-order valence-corrected chi connectivity index (χ2v) is 4.42. The van der Waals surface area contributed by atoms with Gasteiger partial charge in [-0.1, -0.05) is 31.5 Å². The van der Waals surface area contributed by atoms with Gasteiger partial charge in [0.05, 0.1) is 13.2 Å². The summed E-state index contributed by atoms with van der Waals surface area (Å²) < 4.78 is 5.65. The number of hydrogen-bond acceptors (Lipinski definition) is 2. The molecule has 0 fully saturated rings. The zero-order valence-corrected chi connectivity index (χ0v) is 9.79. The van der Waals surface area contributed by atoms with Gasteiger partial charge in [-0.05, 0) is 25.5 Å². The molecule has 0 spiro atoms. The lowest BCUT2D eigenvalue weighted by Crippen LogP contribution is -2.28. The Morgan fingerprint density at radius 1 is 1.27 bits per heavy atom. The summed E-state index contributed by atoms with van der Waals surface area (Å²) in [6.07, 6.45) is 0.912. The standard InChI is InChI=1S/C13H20O2/c1-4-13(3,9-14)10-15-12-7-5-11(2)6-8-12/h5-8,14H,4,9-10H2,1-3H3. The highest BCUT2D eigenvalue weighted by molar-refractivity contribution is 5.26. The van der Waals surface area contributed by atoms with Crippen LogP contribution in [-0.4, -0.2) is 18.3 Å². The molecule has 0 amide bonds. The van der Waals surface area contributed by atoms with E-state index in [0.29, 0.717) is 6.61 Å². The van der Waals surface area contributed by atoms with E-state index in [9.17, 15) is 5.11 Å². The van der Waals surface area contributed by atoms with Crippen molar-refractivity contribution < 1.29 is 9.84 Å². The number of hydrogen-bond donors (Lipinski definition) is 1. The molecule has 2 nitrogen and oxygen atoms in total. The van der Waals surface area contributed by atoms with Gasteiger partial charge >= 0.3 is 0 Å². The van der Waals surface area contributed by atoms with Crippen LogP contribution in [0.4, 0.5) is 0 Å². The van der Waals surface area contributed by atoms with Crippen LogP contribution < -0.4 is 4.74 Å². The maximum absolute atomic E-state index is 9.23. The van der Waals surface area contributed by atoms with Gasteiger partial charge in [0.1, 0.15) is 5.75 Å². The Bertz CT molecular complexity index is 286. The first-order valence-electron chi connectivity index (χ1n) is 5.40. The third-order valence-electron chi connectivity index (χ3n) is 2.84. The molecule has 84 valence electrons. The normalized spacial score (nSPS) is 14.7. The van der Waals surface area contributed by atoms with E-state index in [4.69, 9.17) is 4.74 Å². The smallest absolute Gasteiger partial charge is 0.119 e. The largest absolute Gasteiger partial charge is 0.493 e. The lowest BCUT2D eigenvalue weighted by Gasteiger charge is -2.25. The Kier molecular flexibility index (Phi) is 4.15. The van der Waals surface area contributed by atoms with E-state index in [0.717, 1.165) is 12.2 Å². The molecule has 0 aliphatic carbocycles. The topological polar surface area (TPSA) is 29.5 Å². The van der Waals surface area contributed by atoms with Crippen molar-refractivity contribution in [3.05, 3.63) is 29.8 Å². The molecule has 1 atom stereocenters. The van der Waals surface area contributed by atoms with Crippen molar-refractivity contribution in [3.63, 3.8) is 0 Å². The Balaban J connectivity index is 2.53. The molecule has 1 aromatic carbocycles. The van der Waals surface area contributed by atoms with Crippen LogP contribution in [0.15, 0.2) is 24.3 Å². The van der Waals surface area contributed by atoms with E-state index in [1.165, 1.54) is 5.56 Å². The third-order valence-corrected chi connectivity index (χ3v) is 2.84. The molecule has 2 heteroatoms. The van der Waals surface area contributed by atoms with Gasteiger partial charge < -0.3 is 9.84 Å². The van der Waals surface area contributed by atoms with Crippen molar-refractivity contribution in [2.75, 3.05) is 13.2 Å². The average Bonchev–Trinajstić information content (AvgIpc) is 2.28.